The molecule has 0 saturated carbocycles. The van der Waals surface area contributed by atoms with Gasteiger partial charge in [-0.25, -0.2) is 0 Å². The minimum atomic E-state index is -0.606. The molecule has 1 aromatic heterocycles. The summed E-state index contributed by atoms with van der Waals surface area (Å²) in [6.45, 7) is 2.89. The van der Waals surface area contributed by atoms with E-state index in [9.17, 15) is 14.7 Å². The Balaban J connectivity index is 1.69. The second kappa shape index (κ2) is 4.56. The zero-order valence-electron chi connectivity index (χ0n) is 11.3. The Morgan fingerprint density at radius 2 is 2.25 bits per heavy atom. The van der Waals surface area contributed by atoms with Gasteiger partial charge in [0.25, 0.3) is 5.91 Å². The molecule has 6 nitrogen and oxygen atoms in total. The normalized spacial score (nSPS) is 24.2. The average Bonchev–Trinajstić information content (AvgIpc) is 2.39. The summed E-state index contributed by atoms with van der Waals surface area (Å²) in [5.41, 5.74) is 0.782. The number of carbonyl (C=O) groups is 2. The molecule has 1 aromatic rings. The molecule has 2 saturated heterocycles. The first kappa shape index (κ1) is 13.1. The maximum Gasteiger partial charge on any atom is 0.255 e. The summed E-state index contributed by atoms with van der Waals surface area (Å²) in [5.74, 6) is -0.176. The first-order valence-corrected chi connectivity index (χ1v) is 6.68. The van der Waals surface area contributed by atoms with Crippen LogP contribution in [0.4, 0.5) is 0 Å². The minimum absolute atomic E-state index is 0.0612. The third kappa shape index (κ3) is 2.06. The van der Waals surface area contributed by atoms with Gasteiger partial charge in [0.05, 0.1) is 17.1 Å². The van der Waals surface area contributed by atoms with Gasteiger partial charge in [-0.05, 0) is 25.5 Å². The van der Waals surface area contributed by atoms with E-state index in [1.165, 1.54) is 0 Å². The lowest BCUT2D eigenvalue weighted by atomic mass is 9.72. The number of hydrogen-bond donors (Lipinski definition) is 2. The third-order valence-corrected chi connectivity index (χ3v) is 4.04. The number of aliphatic hydroxyl groups is 1. The lowest BCUT2D eigenvalue weighted by Gasteiger charge is -2.51. The second-order valence-electron chi connectivity index (χ2n) is 5.70. The van der Waals surface area contributed by atoms with E-state index in [-0.39, 0.29) is 11.8 Å². The zero-order chi connectivity index (χ0) is 14.3. The monoisotopic (exact) mass is 275 g/mol. The van der Waals surface area contributed by atoms with E-state index < -0.39 is 11.5 Å². The highest BCUT2D eigenvalue weighted by Crippen LogP contribution is 2.38. The van der Waals surface area contributed by atoms with Gasteiger partial charge < -0.3 is 15.3 Å². The largest absolute Gasteiger partial charge is 0.391 e. The highest BCUT2D eigenvalue weighted by Gasteiger charge is 2.53. The van der Waals surface area contributed by atoms with Gasteiger partial charge in [0.2, 0.25) is 5.91 Å². The van der Waals surface area contributed by atoms with Crippen molar-refractivity contribution in [3.05, 3.63) is 29.6 Å². The number of carbonyl (C=O) groups excluding carboxylic acids is 2. The van der Waals surface area contributed by atoms with Gasteiger partial charge in [-0.1, -0.05) is 0 Å². The lowest BCUT2D eigenvalue weighted by molar-refractivity contribution is -0.147. The number of β-amino-alcohol motifs (C(OH)–C–C–N with tert-alkyl or cyclic N) is 1. The molecule has 3 rings (SSSR count). The van der Waals surface area contributed by atoms with Crippen molar-refractivity contribution in [1.82, 2.24) is 15.2 Å². The topological polar surface area (TPSA) is 82.5 Å². The maximum absolute atomic E-state index is 12.2. The Morgan fingerprint density at radius 3 is 2.90 bits per heavy atom. The van der Waals surface area contributed by atoms with E-state index >= 15 is 0 Å². The molecule has 1 atom stereocenters. The highest BCUT2D eigenvalue weighted by atomic mass is 16.3. The van der Waals surface area contributed by atoms with Crippen LogP contribution in [0.2, 0.25) is 0 Å². The van der Waals surface area contributed by atoms with Crippen LogP contribution in [0, 0.1) is 12.3 Å². The van der Waals surface area contributed by atoms with Crippen LogP contribution in [0.3, 0.4) is 0 Å². The van der Waals surface area contributed by atoms with Crippen LogP contribution in [-0.2, 0) is 4.79 Å². The van der Waals surface area contributed by atoms with Crippen molar-refractivity contribution in [2.45, 2.75) is 19.4 Å². The van der Waals surface area contributed by atoms with Crippen molar-refractivity contribution >= 4 is 11.8 Å². The van der Waals surface area contributed by atoms with Gasteiger partial charge in [-0.15, -0.1) is 0 Å². The fourth-order valence-corrected chi connectivity index (χ4v) is 2.89. The summed E-state index contributed by atoms with van der Waals surface area (Å²) in [5, 5.41) is 12.4. The molecule has 2 aliphatic rings. The fourth-order valence-electron chi connectivity index (χ4n) is 2.89. The van der Waals surface area contributed by atoms with E-state index in [0.717, 1.165) is 5.69 Å². The Bertz CT molecular complexity index is 549. The van der Waals surface area contributed by atoms with Gasteiger partial charge in [-0.2, -0.15) is 0 Å². The number of aryl methyl sites for hydroxylation is 1. The molecule has 20 heavy (non-hydrogen) atoms. The Labute approximate surface area is 116 Å². The van der Waals surface area contributed by atoms with E-state index in [2.05, 4.69) is 10.3 Å². The molecule has 2 aliphatic heterocycles. The number of amides is 2. The summed E-state index contributed by atoms with van der Waals surface area (Å²) in [4.78, 5) is 29.9. The number of nitrogens with one attached hydrogen (secondary N) is 1. The van der Waals surface area contributed by atoms with Gasteiger partial charge in [0.15, 0.2) is 0 Å². The van der Waals surface area contributed by atoms with Gasteiger partial charge >= 0.3 is 0 Å². The van der Waals surface area contributed by atoms with Crippen LogP contribution < -0.4 is 5.32 Å². The summed E-state index contributed by atoms with van der Waals surface area (Å²) >= 11 is 0. The number of likely N-dealkylation sites (tertiary alicyclic amines) is 1. The van der Waals surface area contributed by atoms with Crippen molar-refractivity contribution in [2.24, 2.45) is 5.41 Å². The molecule has 106 valence electrons. The van der Waals surface area contributed by atoms with E-state index in [4.69, 9.17) is 0 Å². The quantitative estimate of drug-likeness (QED) is 0.738. The fraction of sp³-hybridized carbons (Fsp3) is 0.500. The predicted octanol–water partition coefficient (Wildman–Crippen LogP) is -0.287. The summed E-state index contributed by atoms with van der Waals surface area (Å²) in [7, 11) is 0. The maximum atomic E-state index is 12.2. The first-order chi connectivity index (χ1) is 9.50. The van der Waals surface area contributed by atoms with Gasteiger partial charge in [0.1, 0.15) is 0 Å². The Kier molecular flexibility index (Phi) is 2.97. The molecule has 2 N–H and O–H groups in total. The molecular formula is C14H17N3O3. The molecule has 3 heterocycles. The molecule has 2 amide bonds. The standard InChI is InChI=1S/C14H17N3O3/c1-9-2-3-10(5-15-9)12(19)17-7-14(8-17)4-11(18)6-16-13(14)20/h2-3,5,11,18H,4,6-8H2,1H3,(H,16,20). The molecule has 0 bridgehead atoms. The summed E-state index contributed by atoms with van der Waals surface area (Å²) < 4.78 is 0. The number of aromatic nitrogens is 1. The van der Waals surface area contributed by atoms with Crippen molar-refractivity contribution in [1.29, 1.82) is 0 Å². The smallest absolute Gasteiger partial charge is 0.255 e. The Morgan fingerprint density at radius 1 is 1.50 bits per heavy atom. The molecule has 6 heteroatoms. The van der Waals surface area contributed by atoms with Crippen LogP contribution in [0.25, 0.3) is 0 Å². The predicted molar refractivity (Wildman–Crippen MR) is 70.9 cm³/mol. The number of pyridine rings is 1. The van der Waals surface area contributed by atoms with Crippen molar-refractivity contribution in [2.75, 3.05) is 19.6 Å². The zero-order valence-corrected chi connectivity index (χ0v) is 11.3. The van der Waals surface area contributed by atoms with Crippen molar-refractivity contribution in [3.63, 3.8) is 0 Å². The lowest BCUT2D eigenvalue weighted by Crippen LogP contribution is -2.68. The van der Waals surface area contributed by atoms with Crippen molar-refractivity contribution < 1.29 is 14.7 Å². The molecular weight excluding hydrogens is 258 g/mol. The molecule has 2 fully saturated rings. The highest BCUT2D eigenvalue weighted by molar-refractivity contribution is 5.96. The number of aliphatic hydroxyl groups excluding tert-OH is 1. The molecule has 0 radical (unpaired) electrons. The van der Waals surface area contributed by atoms with Crippen LogP contribution in [0.15, 0.2) is 18.3 Å². The molecule has 1 spiro atoms. The third-order valence-electron chi connectivity index (χ3n) is 4.04. The first-order valence-electron chi connectivity index (χ1n) is 6.68. The average molecular weight is 275 g/mol. The SMILES string of the molecule is Cc1ccc(C(=O)N2CC3(CC(O)CNC3=O)C2)cn1. The van der Waals surface area contributed by atoms with Crippen molar-refractivity contribution in [3.8, 4) is 0 Å². The second-order valence-corrected chi connectivity index (χ2v) is 5.70. The van der Waals surface area contributed by atoms with Gasteiger partial charge in [-0.3, -0.25) is 14.6 Å². The molecule has 0 aromatic carbocycles. The summed E-state index contributed by atoms with van der Waals surface area (Å²) in [6.07, 6.45) is 1.46. The van der Waals surface area contributed by atoms with E-state index in [1.54, 1.807) is 23.2 Å². The molecule has 1 unspecified atom stereocenters. The number of rotatable bonds is 1. The van der Waals surface area contributed by atoms with Crippen LogP contribution in [-0.4, -0.2) is 52.5 Å². The number of piperidine rings is 1. The number of hydrogen-bond acceptors (Lipinski definition) is 4. The van der Waals surface area contributed by atoms with Crippen LogP contribution in [0.5, 0.6) is 0 Å². The minimum Gasteiger partial charge on any atom is -0.391 e. The number of nitrogens with zero attached hydrogens (tertiary/aromatic N) is 2. The summed E-state index contributed by atoms with van der Waals surface area (Å²) in [6, 6.07) is 3.53. The van der Waals surface area contributed by atoms with Gasteiger partial charge in [0, 0.05) is 31.5 Å². The van der Waals surface area contributed by atoms with E-state index in [1.807, 2.05) is 6.92 Å². The van der Waals surface area contributed by atoms with E-state index in [0.29, 0.717) is 31.6 Å². The van der Waals surface area contributed by atoms with Crippen LogP contribution >= 0.6 is 0 Å². The van der Waals surface area contributed by atoms with Crippen LogP contribution in [0.1, 0.15) is 22.5 Å². The Hall–Kier alpha value is -1.95. The molecule has 0 aliphatic carbocycles.